The largest absolute Gasteiger partial charge is 0.300 e. The fraction of sp³-hybridized carbons (Fsp3) is 0.800. The zero-order valence-corrected chi connectivity index (χ0v) is 7.92. The van der Waals surface area contributed by atoms with Crippen LogP contribution >= 0.6 is 0 Å². The quantitative estimate of drug-likeness (QED) is 0.629. The van der Waals surface area contributed by atoms with Gasteiger partial charge in [0, 0.05) is 12.3 Å². The maximum absolute atomic E-state index is 11.1. The summed E-state index contributed by atoms with van der Waals surface area (Å²) in [6.45, 7) is 5.82. The number of hydrogen-bond acceptors (Lipinski definition) is 2. The summed E-state index contributed by atoms with van der Waals surface area (Å²) in [6.07, 6.45) is 1.51. The average molecular weight is 165 g/mol. The molecule has 12 heavy (non-hydrogen) atoms. The minimum absolute atomic E-state index is 0.0571. The van der Waals surface area contributed by atoms with E-state index >= 15 is 0 Å². The Morgan fingerprint density at radius 3 is 2.58 bits per heavy atom. The molecular formula is C10H15NO. The number of nitriles is 1. The summed E-state index contributed by atoms with van der Waals surface area (Å²) in [5.41, 5.74) is 0.0571. The first kappa shape index (κ1) is 9.25. The van der Waals surface area contributed by atoms with Crippen LogP contribution < -0.4 is 0 Å². The van der Waals surface area contributed by atoms with Crippen LogP contribution in [-0.2, 0) is 4.79 Å². The molecule has 1 saturated carbocycles. The molecule has 1 aliphatic carbocycles. The lowest BCUT2D eigenvalue weighted by atomic mass is 9.53. The highest BCUT2D eigenvalue weighted by atomic mass is 16.1. The molecule has 0 aliphatic heterocycles. The van der Waals surface area contributed by atoms with Gasteiger partial charge in [0.05, 0.1) is 6.07 Å². The molecular weight excluding hydrogens is 150 g/mol. The highest BCUT2D eigenvalue weighted by Gasteiger charge is 2.49. The molecule has 0 saturated heterocycles. The molecule has 66 valence electrons. The molecule has 0 bridgehead atoms. The lowest BCUT2D eigenvalue weighted by molar-refractivity contribution is -0.135. The van der Waals surface area contributed by atoms with E-state index < -0.39 is 0 Å². The van der Waals surface area contributed by atoms with Crippen LogP contribution in [0.5, 0.6) is 0 Å². The fourth-order valence-electron chi connectivity index (χ4n) is 2.16. The Morgan fingerprint density at radius 2 is 2.25 bits per heavy atom. The van der Waals surface area contributed by atoms with Crippen LogP contribution in [0.1, 0.15) is 33.6 Å². The van der Waals surface area contributed by atoms with E-state index in [2.05, 4.69) is 19.9 Å². The molecule has 2 heteroatoms. The summed E-state index contributed by atoms with van der Waals surface area (Å²) < 4.78 is 0. The van der Waals surface area contributed by atoms with E-state index in [1.54, 1.807) is 6.92 Å². The SMILES string of the molecule is CC(=O)[C@H]1C[C@@H](CC#N)C1(C)C. The van der Waals surface area contributed by atoms with Crippen molar-refractivity contribution in [1.29, 1.82) is 5.26 Å². The van der Waals surface area contributed by atoms with Crippen molar-refractivity contribution in [2.24, 2.45) is 17.3 Å². The number of Topliss-reactive ketones (excluding diaryl/α,β-unsaturated/α-hetero) is 1. The Labute approximate surface area is 73.6 Å². The van der Waals surface area contributed by atoms with Gasteiger partial charge >= 0.3 is 0 Å². The second-order valence-corrected chi connectivity index (χ2v) is 4.28. The van der Waals surface area contributed by atoms with Gasteiger partial charge in [-0.15, -0.1) is 0 Å². The monoisotopic (exact) mass is 165 g/mol. The molecule has 0 spiro atoms. The molecule has 0 radical (unpaired) electrons. The third-order valence-electron chi connectivity index (χ3n) is 3.30. The molecule has 0 aromatic rings. The molecule has 2 nitrogen and oxygen atoms in total. The van der Waals surface area contributed by atoms with E-state index in [1.807, 2.05) is 0 Å². The third-order valence-corrected chi connectivity index (χ3v) is 3.30. The molecule has 0 aromatic carbocycles. The lowest BCUT2D eigenvalue weighted by Gasteiger charge is -2.50. The zero-order chi connectivity index (χ0) is 9.35. The molecule has 0 unspecified atom stereocenters. The van der Waals surface area contributed by atoms with Gasteiger partial charge in [-0.25, -0.2) is 0 Å². The molecule has 2 atom stereocenters. The van der Waals surface area contributed by atoms with Gasteiger partial charge in [-0.3, -0.25) is 4.79 Å². The highest BCUT2D eigenvalue weighted by molar-refractivity contribution is 5.80. The maximum Gasteiger partial charge on any atom is 0.133 e. The van der Waals surface area contributed by atoms with Crippen LogP contribution in [0.4, 0.5) is 0 Å². The number of ketones is 1. The topological polar surface area (TPSA) is 40.9 Å². The molecule has 0 N–H and O–H groups in total. The number of rotatable bonds is 2. The molecule has 1 fully saturated rings. The lowest BCUT2D eigenvalue weighted by Crippen LogP contribution is -2.47. The number of carbonyl (C=O) groups is 1. The average Bonchev–Trinajstić information content (AvgIpc) is 1.96. The zero-order valence-electron chi connectivity index (χ0n) is 7.92. The first-order valence-corrected chi connectivity index (χ1v) is 4.37. The molecule has 1 aliphatic rings. The summed E-state index contributed by atoms with van der Waals surface area (Å²) in [5.74, 6) is 0.890. The standard InChI is InChI=1S/C10H15NO/c1-7(12)9-6-8(4-5-11)10(9,2)3/h8-9H,4,6H2,1-3H3/t8-,9-/m1/s1. The number of nitrogens with zero attached hydrogens (tertiary/aromatic N) is 1. The minimum Gasteiger partial charge on any atom is -0.300 e. The van der Waals surface area contributed by atoms with Gasteiger partial charge in [-0.05, 0) is 24.7 Å². The van der Waals surface area contributed by atoms with Crippen molar-refractivity contribution in [3.8, 4) is 6.07 Å². The van der Waals surface area contributed by atoms with Gasteiger partial charge in [0.15, 0.2) is 0 Å². The van der Waals surface area contributed by atoms with E-state index in [9.17, 15) is 4.79 Å². The first-order chi connectivity index (χ1) is 5.50. The van der Waals surface area contributed by atoms with E-state index in [0.717, 1.165) is 6.42 Å². The van der Waals surface area contributed by atoms with Crippen molar-refractivity contribution in [3.63, 3.8) is 0 Å². The van der Waals surface area contributed by atoms with Crippen LogP contribution in [0, 0.1) is 28.6 Å². The second-order valence-electron chi connectivity index (χ2n) is 4.28. The molecule has 1 rings (SSSR count). The Kier molecular flexibility index (Phi) is 2.23. The predicted octanol–water partition coefficient (Wildman–Crippen LogP) is 2.15. The predicted molar refractivity (Wildman–Crippen MR) is 46.3 cm³/mol. The van der Waals surface area contributed by atoms with Crippen LogP contribution in [0.2, 0.25) is 0 Å². The van der Waals surface area contributed by atoms with Crippen molar-refractivity contribution in [2.45, 2.75) is 33.6 Å². The Hall–Kier alpha value is -0.840. The normalized spacial score (nSPS) is 31.8. The van der Waals surface area contributed by atoms with Crippen LogP contribution in [0.25, 0.3) is 0 Å². The Balaban J connectivity index is 2.61. The van der Waals surface area contributed by atoms with Gasteiger partial charge in [-0.1, -0.05) is 13.8 Å². The molecule has 0 heterocycles. The fourth-order valence-corrected chi connectivity index (χ4v) is 2.16. The summed E-state index contributed by atoms with van der Waals surface area (Å²) in [5, 5.41) is 8.52. The minimum atomic E-state index is 0.0571. The van der Waals surface area contributed by atoms with Gasteiger partial charge in [-0.2, -0.15) is 5.26 Å². The Morgan fingerprint density at radius 1 is 1.67 bits per heavy atom. The third kappa shape index (κ3) is 1.24. The van der Waals surface area contributed by atoms with E-state index in [-0.39, 0.29) is 17.1 Å². The van der Waals surface area contributed by atoms with Gasteiger partial charge in [0.2, 0.25) is 0 Å². The Bertz CT molecular complexity index is 237. The smallest absolute Gasteiger partial charge is 0.133 e. The van der Waals surface area contributed by atoms with Crippen LogP contribution in [0.3, 0.4) is 0 Å². The van der Waals surface area contributed by atoms with Gasteiger partial charge < -0.3 is 0 Å². The number of hydrogen-bond donors (Lipinski definition) is 0. The van der Waals surface area contributed by atoms with Crippen LogP contribution in [0.15, 0.2) is 0 Å². The summed E-state index contributed by atoms with van der Waals surface area (Å²) in [6, 6.07) is 2.17. The molecule has 0 amide bonds. The highest BCUT2D eigenvalue weighted by Crippen LogP contribution is 2.52. The summed E-state index contributed by atoms with van der Waals surface area (Å²) in [7, 11) is 0. The van der Waals surface area contributed by atoms with Crippen molar-refractivity contribution >= 4 is 5.78 Å². The van der Waals surface area contributed by atoms with Crippen molar-refractivity contribution < 1.29 is 4.79 Å². The maximum atomic E-state index is 11.1. The first-order valence-electron chi connectivity index (χ1n) is 4.37. The van der Waals surface area contributed by atoms with Crippen molar-refractivity contribution in [1.82, 2.24) is 0 Å². The van der Waals surface area contributed by atoms with Crippen LogP contribution in [-0.4, -0.2) is 5.78 Å². The van der Waals surface area contributed by atoms with E-state index in [0.29, 0.717) is 12.3 Å². The van der Waals surface area contributed by atoms with Gasteiger partial charge in [0.1, 0.15) is 5.78 Å². The van der Waals surface area contributed by atoms with E-state index in [4.69, 9.17) is 5.26 Å². The molecule has 0 aromatic heterocycles. The summed E-state index contributed by atoms with van der Waals surface area (Å²) in [4.78, 5) is 11.1. The van der Waals surface area contributed by atoms with Crippen molar-refractivity contribution in [3.05, 3.63) is 0 Å². The number of carbonyl (C=O) groups excluding carboxylic acids is 1. The van der Waals surface area contributed by atoms with Crippen molar-refractivity contribution in [2.75, 3.05) is 0 Å². The van der Waals surface area contributed by atoms with Gasteiger partial charge in [0.25, 0.3) is 0 Å². The second kappa shape index (κ2) is 2.90. The van der Waals surface area contributed by atoms with E-state index in [1.165, 1.54) is 0 Å². The summed E-state index contributed by atoms with van der Waals surface area (Å²) >= 11 is 0.